The van der Waals surface area contributed by atoms with Gasteiger partial charge in [0.1, 0.15) is 0 Å². The van der Waals surface area contributed by atoms with Crippen LogP contribution in [0.2, 0.25) is 0 Å². The lowest BCUT2D eigenvalue weighted by molar-refractivity contribution is -0.131. The third-order valence-corrected chi connectivity index (χ3v) is 3.27. The molecule has 2 aliphatic rings. The topological polar surface area (TPSA) is 20.3 Å². The highest BCUT2D eigenvalue weighted by atomic mass is 16.2. The zero-order valence-corrected chi connectivity index (χ0v) is 9.09. The lowest BCUT2D eigenvalue weighted by atomic mass is 9.92. The van der Waals surface area contributed by atoms with Crippen LogP contribution in [0.15, 0.2) is 11.3 Å². The van der Waals surface area contributed by atoms with Crippen molar-refractivity contribution in [3.05, 3.63) is 11.3 Å². The van der Waals surface area contributed by atoms with Crippen molar-refractivity contribution in [2.75, 3.05) is 6.54 Å². The molecular formula is C13H17NO. The van der Waals surface area contributed by atoms with E-state index in [-0.39, 0.29) is 0 Å². The molecule has 1 fully saturated rings. The minimum absolute atomic E-state index is 0.314. The lowest BCUT2D eigenvalue weighted by Crippen LogP contribution is -2.37. The molecule has 0 radical (unpaired) electrons. The third-order valence-electron chi connectivity index (χ3n) is 3.27. The molecule has 0 aromatic rings. The van der Waals surface area contributed by atoms with E-state index in [1.54, 1.807) is 0 Å². The van der Waals surface area contributed by atoms with Crippen LogP contribution in [0.5, 0.6) is 0 Å². The predicted octanol–water partition coefficient (Wildman–Crippen LogP) is 2.46. The summed E-state index contributed by atoms with van der Waals surface area (Å²) in [6.45, 7) is 0.924. The predicted molar refractivity (Wildman–Crippen MR) is 59.9 cm³/mol. The Kier molecular flexibility index (Phi) is 3.11. The Balaban J connectivity index is 2.18. The van der Waals surface area contributed by atoms with Crippen molar-refractivity contribution in [3.63, 3.8) is 0 Å². The van der Waals surface area contributed by atoms with Crippen LogP contribution in [0.1, 0.15) is 44.9 Å². The fraction of sp³-hybridized carbons (Fsp3) is 0.615. The minimum Gasteiger partial charge on any atom is -0.316 e. The highest BCUT2D eigenvalue weighted by Crippen LogP contribution is 2.32. The molecule has 0 saturated carbocycles. The first kappa shape index (κ1) is 10.3. The van der Waals surface area contributed by atoms with E-state index >= 15 is 0 Å². The number of hydrogen-bond donors (Lipinski definition) is 0. The van der Waals surface area contributed by atoms with E-state index in [1.807, 2.05) is 4.90 Å². The summed E-state index contributed by atoms with van der Waals surface area (Å²) in [5.41, 5.74) is 2.74. The van der Waals surface area contributed by atoms with E-state index in [9.17, 15) is 4.79 Å². The minimum atomic E-state index is 0.314. The second-order valence-electron chi connectivity index (χ2n) is 4.26. The van der Waals surface area contributed by atoms with Gasteiger partial charge in [-0.1, -0.05) is 0 Å². The van der Waals surface area contributed by atoms with Gasteiger partial charge in [0.15, 0.2) is 0 Å². The fourth-order valence-electron chi connectivity index (χ4n) is 2.54. The number of amides is 1. The molecule has 0 atom stereocenters. The van der Waals surface area contributed by atoms with Crippen molar-refractivity contribution >= 4 is 5.91 Å². The molecule has 2 heterocycles. The number of nitrogens with zero attached hydrogens (tertiary/aromatic N) is 1. The molecule has 2 heteroatoms. The summed E-state index contributed by atoms with van der Waals surface area (Å²) in [4.78, 5) is 13.7. The Labute approximate surface area is 91.3 Å². The lowest BCUT2D eigenvalue weighted by Gasteiger charge is -2.35. The smallest absolute Gasteiger partial charge is 0.226 e. The molecule has 0 aromatic heterocycles. The molecule has 0 bridgehead atoms. The van der Waals surface area contributed by atoms with Gasteiger partial charge in [-0.15, -0.1) is 12.3 Å². The standard InChI is InChI=1S/C13H17NO/c1-2-3-6-11-7-5-10-14-12(11)8-4-9-13(14)15/h1H,3-10H2. The van der Waals surface area contributed by atoms with Gasteiger partial charge >= 0.3 is 0 Å². The zero-order valence-electron chi connectivity index (χ0n) is 9.09. The number of allylic oxidation sites excluding steroid dienone is 2. The number of carbonyl (C=O) groups is 1. The normalized spacial score (nSPS) is 21.3. The van der Waals surface area contributed by atoms with Crippen LogP contribution in [0.4, 0.5) is 0 Å². The maximum absolute atomic E-state index is 11.7. The molecule has 2 aliphatic heterocycles. The van der Waals surface area contributed by atoms with E-state index in [2.05, 4.69) is 5.92 Å². The average Bonchev–Trinajstić information content (AvgIpc) is 2.27. The van der Waals surface area contributed by atoms with Gasteiger partial charge in [0.2, 0.25) is 5.91 Å². The van der Waals surface area contributed by atoms with Crippen LogP contribution in [-0.2, 0) is 4.79 Å². The first-order valence-corrected chi connectivity index (χ1v) is 5.77. The Bertz CT molecular complexity index is 335. The van der Waals surface area contributed by atoms with Crippen LogP contribution in [0.25, 0.3) is 0 Å². The number of fused-ring (bicyclic) bond motifs is 1. The summed E-state index contributed by atoms with van der Waals surface area (Å²) in [6, 6.07) is 0. The first-order chi connectivity index (χ1) is 7.33. The molecular weight excluding hydrogens is 186 g/mol. The Morgan fingerprint density at radius 1 is 1.27 bits per heavy atom. The molecule has 0 aromatic carbocycles. The van der Waals surface area contributed by atoms with Gasteiger partial charge in [-0.3, -0.25) is 4.79 Å². The Hall–Kier alpha value is -1.23. The van der Waals surface area contributed by atoms with Gasteiger partial charge in [-0.25, -0.2) is 0 Å². The van der Waals surface area contributed by atoms with Gasteiger partial charge < -0.3 is 4.90 Å². The average molecular weight is 203 g/mol. The quantitative estimate of drug-likeness (QED) is 0.631. The Morgan fingerprint density at radius 3 is 2.93 bits per heavy atom. The maximum Gasteiger partial charge on any atom is 0.226 e. The van der Waals surface area contributed by atoms with Crippen molar-refractivity contribution in [2.45, 2.75) is 44.9 Å². The summed E-state index contributed by atoms with van der Waals surface area (Å²) in [5, 5.41) is 0. The van der Waals surface area contributed by atoms with Crippen molar-refractivity contribution in [3.8, 4) is 12.3 Å². The number of hydrogen-bond acceptors (Lipinski definition) is 1. The molecule has 0 N–H and O–H groups in total. The van der Waals surface area contributed by atoms with Crippen LogP contribution in [-0.4, -0.2) is 17.4 Å². The van der Waals surface area contributed by atoms with E-state index in [1.165, 1.54) is 11.3 Å². The third kappa shape index (κ3) is 2.07. The SMILES string of the molecule is C#CCCC1=C2CCCC(=O)N2CCC1. The van der Waals surface area contributed by atoms with Crippen LogP contribution in [0.3, 0.4) is 0 Å². The van der Waals surface area contributed by atoms with Gasteiger partial charge in [-0.2, -0.15) is 0 Å². The van der Waals surface area contributed by atoms with E-state index in [4.69, 9.17) is 6.42 Å². The number of piperidine rings is 1. The van der Waals surface area contributed by atoms with Crippen molar-refractivity contribution in [1.82, 2.24) is 4.90 Å². The summed E-state index contributed by atoms with van der Waals surface area (Å²) in [5.74, 6) is 3.00. The molecule has 15 heavy (non-hydrogen) atoms. The molecule has 1 amide bonds. The van der Waals surface area contributed by atoms with Gasteiger partial charge in [0.25, 0.3) is 0 Å². The number of carbonyl (C=O) groups excluding carboxylic acids is 1. The van der Waals surface area contributed by atoms with Gasteiger partial charge in [0, 0.05) is 25.1 Å². The molecule has 1 saturated heterocycles. The highest BCUT2D eigenvalue weighted by molar-refractivity contribution is 5.79. The molecule has 0 spiro atoms. The van der Waals surface area contributed by atoms with Crippen molar-refractivity contribution < 1.29 is 4.79 Å². The second kappa shape index (κ2) is 4.53. The van der Waals surface area contributed by atoms with Crippen molar-refractivity contribution in [1.29, 1.82) is 0 Å². The monoisotopic (exact) mass is 203 g/mol. The summed E-state index contributed by atoms with van der Waals surface area (Å²) in [6.07, 6.45) is 12.1. The largest absolute Gasteiger partial charge is 0.316 e. The fourth-order valence-corrected chi connectivity index (χ4v) is 2.54. The molecule has 80 valence electrons. The molecule has 0 aliphatic carbocycles. The molecule has 0 unspecified atom stereocenters. The van der Waals surface area contributed by atoms with E-state index in [0.717, 1.165) is 51.5 Å². The number of terminal acetylenes is 1. The van der Waals surface area contributed by atoms with Gasteiger partial charge in [0.05, 0.1) is 0 Å². The zero-order chi connectivity index (χ0) is 10.7. The maximum atomic E-state index is 11.7. The molecule has 2 nitrogen and oxygen atoms in total. The number of rotatable bonds is 2. The Morgan fingerprint density at radius 2 is 2.13 bits per heavy atom. The highest BCUT2D eigenvalue weighted by Gasteiger charge is 2.27. The van der Waals surface area contributed by atoms with Crippen LogP contribution in [0, 0.1) is 12.3 Å². The first-order valence-electron chi connectivity index (χ1n) is 5.77. The van der Waals surface area contributed by atoms with E-state index < -0.39 is 0 Å². The van der Waals surface area contributed by atoms with E-state index in [0.29, 0.717) is 5.91 Å². The second-order valence-corrected chi connectivity index (χ2v) is 4.26. The summed E-state index contributed by atoms with van der Waals surface area (Å²) in [7, 11) is 0. The summed E-state index contributed by atoms with van der Waals surface area (Å²) < 4.78 is 0. The van der Waals surface area contributed by atoms with Crippen molar-refractivity contribution in [2.24, 2.45) is 0 Å². The van der Waals surface area contributed by atoms with Crippen LogP contribution >= 0.6 is 0 Å². The van der Waals surface area contributed by atoms with Gasteiger partial charge in [-0.05, 0) is 37.7 Å². The molecule has 2 rings (SSSR count). The summed E-state index contributed by atoms with van der Waals surface area (Å²) >= 11 is 0. The van der Waals surface area contributed by atoms with Crippen LogP contribution < -0.4 is 0 Å².